The second-order valence-corrected chi connectivity index (χ2v) is 3.70. The Labute approximate surface area is 100 Å². The molecule has 2 rings (SSSR count). The van der Waals surface area contributed by atoms with Crippen molar-refractivity contribution in [1.29, 1.82) is 0 Å². The van der Waals surface area contributed by atoms with Crippen molar-refractivity contribution in [2.45, 2.75) is 13.5 Å². The normalized spacial score (nSPS) is 10.2. The Kier molecular flexibility index (Phi) is 3.59. The second kappa shape index (κ2) is 5.34. The highest BCUT2D eigenvalue weighted by Gasteiger charge is 1.99. The molecule has 5 nitrogen and oxygen atoms in total. The van der Waals surface area contributed by atoms with Crippen molar-refractivity contribution in [2.24, 2.45) is 7.05 Å². The van der Waals surface area contributed by atoms with E-state index in [1.807, 2.05) is 44.4 Å². The molecule has 5 heteroatoms. The minimum Gasteiger partial charge on any atom is -0.494 e. The Balaban J connectivity index is 1.96. The molecule has 0 aliphatic heterocycles. The van der Waals surface area contributed by atoms with Crippen LogP contribution in [0.25, 0.3) is 0 Å². The molecule has 0 saturated heterocycles. The van der Waals surface area contributed by atoms with E-state index in [0.29, 0.717) is 13.2 Å². The van der Waals surface area contributed by atoms with Crippen LogP contribution in [0.4, 0.5) is 5.69 Å². The van der Waals surface area contributed by atoms with Crippen LogP contribution >= 0.6 is 0 Å². The molecule has 0 amide bonds. The summed E-state index contributed by atoms with van der Waals surface area (Å²) in [5.74, 6) is 0.872. The molecule has 1 aromatic carbocycles. The van der Waals surface area contributed by atoms with E-state index in [4.69, 9.17) is 4.74 Å². The van der Waals surface area contributed by atoms with Crippen molar-refractivity contribution in [1.82, 2.24) is 15.0 Å². The fraction of sp³-hybridized carbons (Fsp3) is 0.333. The van der Waals surface area contributed by atoms with Gasteiger partial charge in [-0.15, -0.1) is 5.10 Å². The molecule has 2 aromatic rings. The van der Waals surface area contributed by atoms with E-state index in [-0.39, 0.29) is 0 Å². The molecular weight excluding hydrogens is 216 g/mol. The Hall–Kier alpha value is -2.04. The van der Waals surface area contributed by atoms with Crippen molar-refractivity contribution in [3.05, 3.63) is 36.2 Å². The van der Waals surface area contributed by atoms with Crippen LogP contribution in [0.15, 0.2) is 30.5 Å². The van der Waals surface area contributed by atoms with Crippen molar-refractivity contribution < 1.29 is 4.74 Å². The van der Waals surface area contributed by atoms with Crippen LogP contribution in [-0.2, 0) is 13.6 Å². The van der Waals surface area contributed by atoms with Gasteiger partial charge in [-0.05, 0) is 19.1 Å². The van der Waals surface area contributed by atoms with Crippen molar-refractivity contribution >= 4 is 5.69 Å². The average molecular weight is 232 g/mol. The minimum absolute atomic E-state index is 0.656. The molecule has 0 fully saturated rings. The number of aryl methyl sites for hydroxylation is 1. The lowest BCUT2D eigenvalue weighted by molar-refractivity contribution is 0.340. The van der Waals surface area contributed by atoms with Gasteiger partial charge in [-0.2, -0.15) is 0 Å². The summed E-state index contributed by atoms with van der Waals surface area (Å²) >= 11 is 0. The van der Waals surface area contributed by atoms with Gasteiger partial charge in [0.15, 0.2) is 0 Å². The molecule has 1 heterocycles. The van der Waals surface area contributed by atoms with Gasteiger partial charge in [-0.3, -0.25) is 4.68 Å². The topological polar surface area (TPSA) is 52.0 Å². The zero-order valence-corrected chi connectivity index (χ0v) is 10.1. The van der Waals surface area contributed by atoms with E-state index in [1.165, 1.54) is 0 Å². The maximum Gasteiger partial charge on any atom is 0.121 e. The third-order valence-corrected chi connectivity index (χ3v) is 2.27. The summed E-state index contributed by atoms with van der Waals surface area (Å²) in [4.78, 5) is 0. The Bertz CT molecular complexity index is 481. The first-order valence-electron chi connectivity index (χ1n) is 5.60. The van der Waals surface area contributed by atoms with Crippen molar-refractivity contribution in [3.63, 3.8) is 0 Å². The minimum atomic E-state index is 0.656. The lowest BCUT2D eigenvalue weighted by atomic mass is 10.3. The summed E-state index contributed by atoms with van der Waals surface area (Å²) in [6.45, 7) is 3.30. The predicted octanol–water partition coefficient (Wildman–Crippen LogP) is 1.83. The number of aromatic nitrogens is 3. The van der Waals surface area contributed by atoms with Crippen LogP contribution in [0.1, 0.15) is 12.6 Å². The zero-order valence-electron chi connectivity index (χ0n) is 10.1. The lowest BCUT2D eigenvalue weighted by Gasteiger charge is -2.07. The summed E-state index contributed by atoms with van der Waals surface area (Å²) < 4.78 is 7.12. The molecule has 0 aliphatic rings. The predicted molar refractivity (Wildman–Crippen MR) is 65.9 cm³/mol. The van der Waals surface area contributed by atoms with Crippen LogP contribution in [0, 0.1) is 0 Å². The van der Waals surface area contributed by atoms with Gasteiger partial charge in [0.05, 0.1) is 13.2 Å². The number of benzene rings is 1. The lowest BCUT2D eigenvalue weighted by Crippen LogP contribution is -2.00. The zero-order chi connectivity index (χ0) is 12.1. The fourth-order valence-corrected chi connectivity index (χ4v) is 1.53. The van der Waals surface area contributed by atoms with Crippen LogP contribution in [0.3, 0.4) is 0 Å². The summed E-state index contributed by atoms with van der Waals surface area (Å²) in [6, 6.07) is 7.87. The number of nitrogens with zero attached hydrogens (tertiary/aromatic N) is 3. The third-order valence-electron chi connectivity index (χ3n) is 2.27. The Morgan fingerprint density at radius 1 is 1.41 bits per heavy atom. The maximum absolute atomic E-state index is 5.43. The third kappa shape index (κ3) is 3.21. The standard InChI is InChI=1S/C12H16N4O/c1-3-17-12-6-4-5-10(7-12)13-8-11-9-16(2)15-14-11/h4-7,9,13H,3,8H2,1-2H3. The van der Waals surface area contributed by atoms with Gasteiger partial charge in [0.1, 0.15) is 11.4 Å². The van der Waals surface area contributed by atoms with Gasteiger partial charge in [-0.1, -0.05) is 11.3 Å². The van der Waals surface area contributed by atoms with E-state index >= 15 is 0 Å². The highest BCUT2D eigenvalue weighted by Crippen LogP contribution is 2.17. The number of nitrogens with one attached hydrogen (secondary N) is 1. The number of hydrogen-bond donors (Lipinski definition) is 1. The van der Waals surface area contributed by atoms with Gasteiger partial charge in [0.25, 0.3) is 0 Å². The Morgan fingerprint density at radius 3 is 3.00 bits per heavy atom. The molecule has 0 spiro atoms. The SMILES string of the molecule is CCOc1cccc(NCc2cn(C)nn2)c1. The van der Waals surface area contributed by atoms with E-state index in [9.17, 15) is 0 Å². The summed E-state index contributed by atoms with van der Waals surface area (Å²) in [6.07, 6.45) is 1.89. The summed E-state index contributed by atoms with van der Waals surface area (Å²) in [5, 5.41) is 11.2. The molecule has 17 heavy (non-hydrogen) atoms. The van der Waals surface area contributed by atoms with Crippen LogP contribution in [0.5, 0.6) is 5.75 Å². The van der Waals surface area contributed by atoms with Gasteiger partial charge in [-0.25, -0.2) is 0 Å². The average Bonchev–Trinajstić information content (AvgIpc) is 2.74. The fourth-order valence-electron chi connectivity index (χ4n) is 1.53. The molecule has 0 aliphatic carbocycles. The number of hydrogen-bond acceptors (Lipinski definition) is 4. The first-order valence-corrected chi connectivity index (χ1v) is 5.60. The Morgan fingerprint density at radius 2 is 2.29 bits per heavy atom. The highest BCUT2D eigenvalue weighted by atomic mass is 16.5. The highest BCUT2D eigenvalue weighted by molar-refractivity contribution is 5.48. The molecular formula is C12H16N4O. The molecule has 0 unspecified atom stereocenters. The largest absolute Gasteiger partial charge is 0.494 e. The molecule has 1 N–H and O–H groups in total. The molecule has 0 bridgehead atoms. The number of ether oxygens (including phenoxy) is 1. The van der Waals surface area contributed by atoms with E-state index in [2.05, 4.69) is 15.6 Å². The maximum atomic E-state index is 5.43. The molecule has 0 radical (unpaired) electrons. The van der Waals surface area contributed by atoms with Crippen molar-refractivity contribution in [3.8, 4) is 5.75 Å². The first-order chi connectivity index (χ1) is 8.28. The van der Waals surface area contributed by atoms with Gasteiger partial charge >= 0.3 is 0 Å². The van der Waals surface area contributed by atoms with Crippen molar-refractivity contribution in [2.75, 3.05) is 11.9 Å². The first kappa shape index (κ1) is 11.4. The molecule has 1 aromatic heterocycles. The summed E-state index contributed by atoms with van der Waals surface area (Å²) in [7, 11) is 1.85. The van der Waals surface area contributed by atoms with Gasteiger partial charge in [0.2, 0.25) is 0 Å². The quantitative estimate of drug-likeness (QED) is 0.854. The molecule has 0 saturated carbocycles. The monoisotopic (exact) mass is 232 g/mol. The van der Waals surface area contributed by atoms with Crippen LogP contribution in [-0.4, -0.2) is 21.6 Å². The molecule has 90 valence electrons. The van der Waals surface area contributed by atoms with E-state index in [1.54, 1.807) is 4.68 Å². The van der Waals surface area contributed by atoms with E-state index < -0.39 is 0 Å². The smallest absolute Gasteiger partial charge is 0.121 e. The number of rotatable bonds is 5. The molecule has 0 atom stereocenters. The number of anilines is 1. The second-order valence-electron chi connectivity index (χ2n) is 3.70. The van der Waals surface area contributed by atoms with Gasteiger partial charge < -0.3 is 10.1 Å². The van der Waals surface area contributed by atoms with Gasteiger partial charge in [0, 0.05) is 25.0 Å². The van der Waals surface area contributed by atoms with Crippen LogP contribution in [0.2, 0.25) is 0 Å². The van der Waals surface area contributed by atoms with Crippen LogP contribution < -0.4 is 10.1 Å². The summed E-state index contributed by atoms with van der Waals surface area (Å²) in [5.41, 5.74) is 1.93. The van der Waals surface area contributed by atoms with E-state index in [0.717, 1.165) is 17.1 Å².